The van der Waals surface area contributed by atoms with Crippen molar-refractivity contribution in [1.82, 2.24) is 15.1 Å². The van der Waals surface area contributed by atoms with Crippen LogP contribution in [0.1, 0.15) is 25.8 Å². The van der Waals surface area contributed by atoms with Crippen LogP contribution in [-0.2, 0) is 9.53 Å². The van der Waals surface area contributed by atoms with Crippen molar-refractivity contribution in [2.24, 2.45) is 0 Å². The molecule has 0 atom stereocenters. The first-order chi connectivity index (χ1) is 17.5. The van der Waals surface area contributed by atoms with Gasteiger partial charge in [-0.2, -0.15) is 10.4 Å². The largest absolute Gasteiger partial charge is 0.493 e. The van der Waals surface area contributed by atoms with Crippen molar-refractivity contribution >= 4 is 23.0 Å². The molecule has 4 aromatic rings. The average molecular weight is 485 g/mol. The standard InChI is InChI=1S/C28H28N4O4/c1-19(2)35-14-8-13-30-28(33)21(17-29)15-22-18-32(23-10-5-4-6-11-23)31-26(22)25-16-20-9-7-12-24(34-3)27(20)36-25/h4-7,9-12,15-16,18-19H,8,13-14H2,1-3H3,(H,30,33). The van der Waals surface area contributed by atoms with Crippen molar-refractivity contribution in [3.05, 3.63) is 71.9 Å². The fraction of sp³-hybridized carbons (Fsp3) is 0.250. The highest BCUT2D eigenvalue weighted by molar-refractivity contribution is 6.02. The van der Waals surface area contributed by atoms with Gasteiger partial charge in [0.05, 0.1) is 18.9 Å². The third-order valence-corrected chi connectivity index (χ3v) is 5.45. The molecule has 1 amide bonds. The summed E-state index contributed by atoms with van der Waals surface area (Å²) in [6.07, 6.45) is 4.09. The fourth-order valence-corrected chi connectivity index (χ4v) is 3.70. The molecule has 0 radical (unpaired) electrons. The zero-order valence-electron chi connectivity index (χ0n) is 20.5. The zero-order chi connectivity index (χ0) is 25.5. The summed E-state index contributed by atoms with van der Waals surface area (Å²) < 4.78 is 18.7. The van der Waals surface area contributed by atoms with Crippen molar-refractivity contribution in [2.45, 2.75) is 26.4 Å². The first kappa shape index (κ1) is 24.8. The second kappa shape index (κ2) is 11.4. The van der Waals surface area contributed by atoms with E-state index in [9.17, 15) is 10.1 Å². The summed E-state index contributed by atoms with van der Waals surface area (Å²) in [6.45, 7) is 4.86. The lowest BCUT2D eigenvalue weighted by atomic mass is 10.1. The molecule has 8 heteroatoms. The Kier molecular flexibility index (Phi) is 7.83. The summed E-state index contributed by atoms with van der Waals surface area (Å²) in [4.78, 5) is 12.7. The number of nitrogens with zero attached hydrogens (tertiary/aromatic N) is 3. The molecule has 0 fully saturated rings. The SMILES string of the molecule is COc1cccc2cc(-c3nn(-c4ccccc4)cc3C=C(C#N)C(=O)NCCCOC(C)C)oc12. The Hall–Kier alpha value is -4.35. The number of nitrogens with one attached hydrogen (secondary N) is 1. The molecule has 0 saturated heterocycles. The van der Waals surface area contributed by atoms with E-state index in [1.165, 1.54) is 6.08 Å². The highest BCUT2D eigenvalue weighted by Gasteiger charge is 2.19. The molecule has 0 aliphatic heterocycles. The average Bonchev–Trinajstić information content (AvgIpc) is 3.51. The number of nitriles is 1. The molecule has 0 bridgehead atoms. The number of carbonyl (C=O) groups excluding carboxylic acids is 1. The van der Waals surface area contributed by atoms with Gasteiger partial charge in [-0.15, -0.1) is 0 Å². The predicted octanol–water partition coefficient (Wildman–Crippen LogP) is 5.13. The molecule has 2 aromatic heterocycles. The molecule has 0 aliphatic rings. The molecular formula is C28H28N4O4. The number of fused-ring (bicyclic) bond motifs is 1. The van der Waals surface area contributed by atoms with Crippen LogP contribution in [0, 0.1) is 11.3 Å². The number of hydrogen-bond donors (Lipinski definition) is 1. The number of carbonyl (C=O) groups is 1. The van der Waals surface area contributed by atoms with Gasteiger partial charge in [-0.25, -0.2) is 4.68 Å². The maximum absolute atomic E-state index is 12.7. The van der Waals surface area contributed by atoms with E-state index in [2.05, 4.69) is 5.32 Å². The Balaban J connectivity index is 1.69. The number of benzene rings is 2. The fourth-order valence-electron chi connectivity index (χ4n) is 3.70. The van der Waals surface area contributed by atoms with Gasteiger partial charge in [-0.1, -0.05) is 30.3 Å². The van der Waals surface area contributed by atoms with E-state index < -0.39 is 5.91 Å². The van der Waals surface area contributed by atoms with E-state index in [0.29, 0.717) is 47.9 Å². The van der Waals surface area contributed by atoms with Crippen LogP contribution >= 0.6 is 0 Å². The lowest BCUT2D eigenvalue weighted by Gasteiger charge is -2.07. The van der Waals surface area contributed by atoms with Crippen LogP contribution in [-0.4, -0.2) is 42.1 Å². The zero-order valence-corrected chi connectivity index (χ0v) is 20.5. The molecule has 2 aromatic carbocycles. The Morgan fingerprint density at radius 2 is 2.03 bits per heavy atom. The van der Waals surface area contributed by atoms with Crippen molar-refractivity contribution in [1.29, 1.82) is 5.26 Å². The van der Waals surface area contributed by atoms with Crippen LogP contribution in [0.4, 0.5) is 0 Å². The van der Waals surface area contributed by atoms with Crippen molar-refractivity contribution in [2.75, 3.05) is 20.3 Å². The Morgan fingerprint density at radius 3 is 2.75 bits per heavy atom. The highest BCUT2D eigenvalue weighted by Crippen LogP contribution is 2.35. The van der Waals surface area contributed by atoms with Gasteiger partial charge in [0.15, 0.2) is 17.1 Å². The summed E-state index contributed by atoms with van der Waals surface area (Å²) in [7, 11) is 1.59. The number of furan rings is 1. The number of para-hydroxylation sites is 2. The quantitative estimate of drug-likeness (QED) is 0.190. The van der Waals surface area contributed by atoms with E-state index in [0.717, 1.165) is 11.1 Å². The number of ether oxygens (including phenoxy) is 2. The molecule has 0 aliphatic carbocycles. The van der Waals surface area contributed by atoms with Crippen LogP contribution in [0.25, 0.3) is 34.2 Å². The Morgan fingerprint density at radius 1 is 1.22 bits per heavy atom. The second-order valence-corrected chi connectivity index (χ2v) is 8.40. The molecule has 0 unspecified atom stereocenters. The van der Waals surface area contributed by atoms with Gasteiger partial charge in [-0.05, 0) is 50.6 Å². The third kappa shape index (κ3) is 5.65. The van der Waals surface area contributed by atoms with Crippen molar-refractivity contribution < 1.29 is 18.7 Å². The summed E-state index contributed by atoms with van der Waals surface area (Å²) in [5, 5.41) is 18.1. The third-order valence-electron chi connectivity index (χ3n) is 5.45. The normalized spacial score (nSPS) is 11.6. The van der Waals surface area contributed by atoms with E-state index in [-0.39, 0.29) is 11.7 Å². The van der Waals surface area contributed by atoms with Crippen molar-refractivity contribution in [3.63, 3.8) is 0 Å². The monoisotopic (exact) mass is 484 g/mol. The van der Waals surface area contributed by atoms with E-state index in [1.54, 1.807) is 18.0 Å². The Labute approximate surface area is 209 Å². The lowest BCUT2D eigenvalue weighted by Crippen LogP contribution is -2.26. The minimum atomic E-state index is -0.452. The number of hydrogen-bond acceptors (Lipinski definition) is 6. The molecule has 36 heavy (non-hydrogen) atoms. The van der Waals surface area contributed by atoms with Crippen LogP contribution < -0.4 is 10.1 Å². The van der Waals surface area contributed by atoms with Crippen LogP contribution in [0.5, 0.6) is 5.75 Å². The Bertz CT molecular complexity index is 1410. The van der Waals surface area contributed by atoms with Gasteiger partial charge >= 0.3 is 0 Å². The molecule has 8 nitrogen and oxygen atoms in total. The number of methoxy groups -OCH3 is 1. The maximum Gasteiger partial charge on any atom is 0.261 e. The van der Waals surface area contributed by atoms with Gasteiger partial charge in [0.2, 0.25) is 0 Å². The molecule has 4 rings (SSSR count). The minimum Gasteiger partial charge on any atom is -0.493 e. The number of aromatic nitrogens is 2. The summed E-state index contributed by atoms with van der Waals surface area (Å²) >= 11 is 0. The molecule has 184 valence electrons. The first-order valence-corrected chi connectivity index (χ1v) is 11.7. The van der Waals surface area contributed by atoms with Gasteiger partial charge in [0.25, 0.3) is 5.91 Å². The molecule has 1 N–H and O–H groups in total. The van der Waals surface area contributed by atoms with E-state index in [4.69, 9.17) is 19.0 Å². The topological polar surface area (TPSA) is 102 Å². The van der Waals surface area contributed by atoms with Crippen LogP contribution in [0.3, 0.4) is 0 Å². The van der Waals surface area contributed by atoms with Crippen molar-refractivity contribution in [3.8, 4) is 29.0 Å². The predicted molar refractivity (Wildman–Crippen MR) is 138 cm³/mol. The molecule has 0 saturated carbocycles. The van der Waals surface area contributed by atoms with Crippen LogP contribution in [0.2, 0.25) is 0 Å². The van der Waals surface area contributed by atoms with Gasteiger partial charge in [0.1, 0.15) is 17.3 Å². The minimum absolute atomic E-state index is 0.0256. The highest BCUT2D eigenvalue weighted by atomic mass is 16.5. The van der Waals surface area contributed by atoms with Gasteiger partial charge in [-0.3, -0.25) is 4.79 Å². The summed E-state index contributed by atoms with van der Waals surface area (Å²) in [5.41, 5.74) is 2.48. The van der Waals surface area contributed by atoms with E-state index in [1.807, 2.05) is 74.5 Å². The van der Waals surface area contributed by atoms with E-state index >= 15 is 0 Å². The molecule has 0 spiro atoms. The van der Waals surface area contributed by atoms with Gasteiger partial charge in [0, 0.05) is 30.3 Å². The molecular weight excluding hydrogens is 456 g/mol. The molecule has 2 heterocycles. The lowest BCUT2D eigenvalue weighted by molar-refractivity contribution is -0.117. The maximum atomic E-state index is 12.7. The number of amides is 1. The van der Waals surface area contributed by atoms with Gasteiger partial charge < -0.3 is 19.2 Å². The first-order valence-electron chi connectivity index (χ1n) is 11.7. The smallest absolute Gasteiger partial charge is 0.261 e. The number of rotatable bonds is 10. The summed E-state index contributed by atoms with van der Waals surface area (Å²) in [5.74, 6) is 0.655. The summed E-state index contributed by atoms with van der Waals surface area (Å²) in [6, 6.07) is 19.1. The second-order valence-electron chi connectivity index (χ2n) is 8.40. The van der Waals surface area contributed by atoms with Crippen LogP contribution in [0.15, 0.2) is 70.8 Å².